The van der Waals surface area contributed by atoms with Crippen molar-refractivity contribution in [1.82, 2.24) is 9.03 Å². The monoisotopic (exact) mass is 417 g/mol. The first-order valence-corrected chi connectivity index (χ1v) is 11.7. The number of hydrogen-bond donors (Lipinski definition) is 2. The highest BCUT2D eigenvalue weighted by Gasteiger charge is 2.29. The van der Waals surface area contributed by atoms with Gasteiger partial charge in [-0.05, 0) is 35.6 Å². The lowest BCUT2D eigenvalue weighted by Gasteiger charge is -2.32. The van der Waals surface area contributed by atoms with Crippen LogP contribution in [0.2, 0.25) is 0 Å². The molecule has 2 unspecified atom stereocenters. The summed E-state index contributed by atoms with van der Waals surface area (Å²) in [6.07, 6.45) is 1.61. The molecule has 7 heteroatoms. The number of rotatable bonds is 9. The molecule has 1 aliphatic heterocycles. The van der Waals surface area contributed by atoms with E-state index in [1.165, 1.54) is 9.87 Å². The maximum absolute atomic E-state index is 12.5. The van der Waals surface area contributed by atoms with Crippen molar-refractivity contribution < 1.29 is 13.2 Å². The molecule has 0 bridgehead atoms. The van der Waals surface area contributed by atoms with E-state index in [2.05, 4.69) is 16.9 Å². The lowest BCUT2D eigenvalue weighted by atomic mass is 9.84. The summed E-state index contributed by atoms with van der Waals surface area (Å²) >= 11 is 0. The molecule has 2 aromatic carbocycles. The van der Waals surface area contributed by atoms with Crippen molar-refractivity contribution in [2.45, 2.75) is 45.2 Å². The standard InChI is InChI=1S/C22H31N3O3S/c1-3-12-25(4-2)29(26,27)24-15-18-10-11-22-20(14-18)19(21(23)16-28-22)13-17-8-6-5-7-9-17/h5-11,14,19,21,24H,3-4,12-13,15-16,23H2,1-2H3. The van der Waals surface area contributed by atoms with Crippen LogP contribution in [0, 0.1) is 0 Å². The Morgan fingerprint density at radius 2 is 1.90 bits per heavy atom. The van der Waals surface area contributed by atoms with E-state index in [0.717, 1.165) is 29.7 Å². The van der Waals surface area contributed by atoms with Crippen LogP contribution in [0.15, 0.2) is 48.5 Å². The maximum Gasteiger partial charge on any atom is 0.279 e. The summed E-state index contributed by atoms with van der Waals surface area (Å²) in [6.45, 7) is 5.51. The van der Waals surface area contributed by atoms with Crippen LogP contribution < -0.4 is 15.2 Å². The van der Waals surface area contributed by atoms with Gasteiger partial charge in [0.1, 0.15) is 12.4 Å². The molecule has 0 fully saturated rings. The third kappa shape index (κ3) is 5.36. The van der Waals surface area contributed by atoms with Crippen LogP contribution in [-0.4, -0.2) is 38.5 Å². The van der Waals surface area contributed by atoms with Gasteiger partial charge in [0.25, 0.3) is 10.2 Å². The second kappa shape index (κ2) is 9.71. The van der Waals surface area contributed by atoms with Crippen molar-refractivity contribution in [3.8, 4) is 5.75 Å². The number of benzene rings is 2. The van der Waals surface area contributed by atoms with E-state index < -0.39 is 10.2 Å². The number of ether oxygens (including phenoxy) is 1. The molecule has 1 heterocycles. The molecule has 0 aliphatic carbocycles. The quantitative estimate of drug-likeness (QED) is 0.657. The van der Waals surface area contributed by atoms with Gasteiger partial charge >= 0.3 is 0 Å². The highest BCUT2D eigenvalue weighted by atomic mass is 32.2. The minimum atomic E-state index is -3.50. The van der Waals surface area contributed by atoms with Gasteiger partial charge in [-0.3, -0.25) is 0 Å². The molecule has 2 atom stereocenters. The molecular formula is C22H31N3O3S. The van der Waals surface area contributed by atoms with Crippen molar-refractivity contribution in [3.63, 3.8) is 0 Å². The molecule has 3 N–H and O–H groups in total. The SMILES string of the molecule is CCCN(CC)S(=O)(=O)NCc1ccc2c(c1)C(Cc1ccccc1)C(N)CO2. The third-order valence-electron chi connectivity index (χ3n) is 5.34. The van der Waals surface area contributed by atoms with Gasteiger partial charge in [0.2, 0.25) is 0 Å². The lowest BCUT2D eigenvalue weighted by molar-refractivity contribution is 0.238. The molecule has 0 aromatic heterocycles. The molecule has 0 radical (unpaired) electrons. The average Bonchev–Trinajstić information content (AvgIpc) is 2.73. The molecule has 3 rings (SSSR count). The van der Waals surface area contributed by atoms with E-state index in [4.69, 9.17) is 10.5 Å². The van der Waals surface area contributed by atoms with Crippen molar-refractivity contribution in [2.75, 3.05) is 19.7 Å². The molecule has 29 heavy (non-hydrogen) atoms. The van der Waals surface area contributed by atoms with Gasteiger partial charge in [-0.2, -0.15) is 17.4 Å². The van der Waals surface area contributed by atoms with Crippen LogP contribution in [0.1, 0.15) is 42.9 Å². The van der Waals surface area contributed by atoms with E-state index in [9.17, 15) is 8.42 Å². The van der Waals surface area contributed by atoms with Gasteiger partial charge in [0, 0.05) is 31.6 Å². The van der Waals surface area contributed by atoms with Gasteiger partial charge in [-0.1, -0.05) is 56.3 Å². The van der Waals surface area contributed by atoms with Crippen molar-refractivity contribution >= 4 is 10.2 Å². The Balaban J connectivity index is 1.78. The zero-order chi connectivity index (χ0) is 20.9. The fourth-order valence-electron chi connectivity index (χ4n) is 3.75. The molecule has 0 spiro atoms. The van der Waals surface area contributed by atoms with Crippen LogP contribution in [0.4, 0.5) is 0 Å². The summed E-state index contributed by atoms with van der Waals surface area (Å²) in [5, 5.41) is 0. The predicted octanol–water partition coefficient (Wildman–Crippen LogP) is 2.80. The fraction of sp³-hybridized carbons (Fsp3) is 0.455. The smallest absolute Gasteiger partial charge is 0.279 e. The summed E-state index contributed by atoms with van der Waals surface area (Å²) in [5.74, 6) is 0.963. The molecular weight excluding hydrogens is 386 g/mol. The number of nitrogens with one attached hydrogen (secondary N) is 1. The summed E-state index contributed by atoms with van der Waals surface area (Å²) in [6, 6.07) is 16.0. The van der Waals surface area contributed by atoms with Gasteiger partial charge in [-0.25, -0.2) is 0 Å². The molecule has 2 aromatic rings. The van der Waals surface area contributed by atoms with E-state index in [0.29, 0.717) is 19.7 Å². The largest absolute Gasteiger partial charge is 0.492 e. The first-order chi connectivity index (χ1) is 13.9. The predicted molar refractivity (Wildman–Crippen MR) is 116 cm³/mol. The zero-order valence-electron chi connectivity index (χ0n) is 17.2. The second-order valence-electron chi connectivity index (χ2n) is 7.46. The first kappa shape index (κ1) is 21.8. The van der Waals surface area contributed by atoms with Crippen LogP contribution in [0.3, 0.4) is 0 Å². The summed E-state index contributed by atoms with van der Waals surface area (Å²) in [7, 11) is -3.50. The van der Waals surface area contributed by atoms with E-state index >= 15 is 0 Å². The van der Waals surface area contributed by atoms with E-state index in [-0.39, 0.29) is 18.5 Å². The molecule has 6 nitrogen and oxygen atoms in total. The molecule has 1 aliphatic rings. The Bertz CT molecular complexity index is 903. The Morgan fingerprint density at radius 1 is 1.14 bits per heavy atom. The summed E-state index contributed by atoms with van der Waals surface area (Å²) in [5.41, 5.74) is 9.55. The zero-order valence-corrected chi connectivity index (χ0v) is 18.0. The number of nitrogens with two attached hydrogens (primary N) is 1. The minimum absolute atomic E-state index is 0.102. The highest BCUT2D eigenvalue weighted by molar-refractivity contribution is 7.87. The average molecular weight is 418 g/mol. The lowest BCUT2D eigenvalue weighted by Crippen LogP contribution is -2.41. The second-order valence-corrected chi connectivity index (χ2v) is 9.22. The van der Waals surface area contributed by atoms with Gasteiger partial charge < -0.3 is 10.5 Å². The van der Waals surface area contributed by atoms with Crippen molar-refractivity contribution in [2.24, 2.45) is 5.73 Å². The van der Waals surface area contributed by atoms with E-state index in [1.807, 2.05) is 50.2 Å². The Kier molecular flexibility index (Phi) is 7.29. The number of fused-ring (bicyclic) bond motifs is 1. The van der Waals surface area contributed by atoms with Gasteiger partial charge in [-0.15, -0.1) is 0 Å². The van der Waals surface area contributed by atoms with Crippen LogP contribution in [0.5, 0.6) is 5.75 Å². The molecule has 158 valence electrons. The number of hydrogen-bond acceptors (Lipinski definition) is 4. The Labute approximate surface area is 174 Å². The third-order valence-corrected chi connectivity index (χ3v) is 6.97. The first-order valence-electron chi connectivity index (χ1n) is 10.2. The molecule has 0 amide bonds. The van der Waals surface area contributed by atoms with Crippen LogP contribution in [0.25, 0.3) is 0 Å². The Morgan fingerprint density at radius 3 is 2.59 bits per heavy atom. The van der Waals surface area contributed by atoms with Gasteiger partial charge in [0.05, 0.1) is 0 Å². The summed E-state index contributed by atoms with van der Waals surface area (Å²) in [4.78, 5) is 0. The molecule has 0 saturated heterocycles. The Hall–Kier alpha value is -1.93. The minimum Gasteiger partial charge on any atom is -0.492 e. The van der Waals surface area contributed by atoms with E-state index in [1.54, 1.807) is 0 Å². The van der Waals surface area contributed by atoms with Crippen molar-refractivity contribution in [3.05, 3.63) is 65.2 Å². The van der Waals surface area contributed by atoms with Gasteiger partial charge in [0.15, 0.2) is 0 Å². The maximum atomic E-state index is 12.5. The fourth-order valence-corrected chi connectivity index (χ4v) is 5.05. The molecule has 0 saturated carbocycles. The normalized spacial score (nSPS) is 19.0. The topological polar surface area (TPSA) is 84.7 Å². The van der Waals surface area contributed by atoms with Crippen molar-refractivity contribution in [1.29, 1.82) is 0 Å². The van der Waals surface area contributed by atoms with Crippen LogP contribution >= 0.6 is 0 Å². The highest BCUT2D eigenvalue weighted by Crippen LogP contribution is 2.36. The number of nitrogens with zero attached hydrogens (tertiary/aromatic N) is 1. The summed E-state index contributed by atoms with van der Waals surface area (Å²) < 4.78 is 35.1. The van der Waals surface area contributed by atoms with Crippen LogP contribution in [-0.2, 0) is 23.2 Å².